The Morgan fingerprint density at radius 3 is 2.71 bits per heavy atom. The first-order valence-corrected chi connectivity index (χ1v) is 7.82. The molecule has 4 heteroatoms. The zero-order valence-corrected chi connectivity index (χ0v) is 12.5. The predicted octanol–water partition coefficient (Wildman–Crippen LogP) is 2.26. The number of aliphatic hydroxyl groups excluding tert-OH is 1. The SMILES string of the molecule is O=C(CCOCc1ccccc1)NCC(O)C1CCCC1. The number of carbonyl (C=O) groups is 1. The second-order valence-electron chi connectivity index (χ2n) is 5.70. The summed E-state index contributed by atoms with van der Waals surface area (Å²) in [6, 6.07) is 9.90. The summed E-state index contributed by atoms with van der Waals surface area (Å²) >= 11 is 0. The van der Waals surface area contributed by atoms with Crippen molar-refractivity contribution in [1.29, 1.82) is 0 Å². The lowest BCUT2D eigenvalue weighted by atomic mass is 10.0. The fraction of sp³-hybridized carbons (Fsp3) is 0.588. The van der Waals surface area contributed by atoms with Crippen molar-refractivity contribution >= 4 is 5.91 Å². The van der Waals surface area contributed by atoms with Gasteiger partial charge in [-0.2, -0.15) is 0 Å². The lowest BCUT2D eigenvalue weighted by Gasteiger charge is -2.18. The van der Waals surface area contributed by atoms with Crippen molar-refractivity contribution in [2.75, 3.05) is 13.2 Å². The average Bonchev–Trinajstić information content (AvgIpc) is 3.05. The fourth-order valence-corrected chi connectivity index (χ4v) is 2.74. The van der Waals surface area contributed by atoms with Gasteiger partial charge in [0.15, 0.2) is 0 Å². The molecule has 0 bridgehead atoms. The Hall–Kier alpha value is -1.39. The minimum absolute atomic E-state index is 0.0555. The third kappa shape index (κ3) is 5.86. The Bertz CT molecular complexity index is 415. The third-order valence-corrected chi connectivity index (χ3v) is 4.04. The van der Waals surface area contributed by atoms with Crippen LogP contribution in [0, 0.1) is 5.92 Å². The summed E-state index contributed by atoms with van der Waals surface area (Å²) in [6.45, 7) is 1.29. The van der Waals surface area contributed by atoms with Crippen LogP contribution < -0.4 is 5.32 Å². The van der Waals surface area contributed by atoms with Crippen molar-refractivity contribution in [1.82, 2.24) is 5.32 Å². The van der Waals surface area contributed by atoms with Crippen molar-refractivity contribution in [3.63, 3.8) is 0 Å². The largest absolute Gasteiger partial charge is 0.391 e. The van der Waals surface area contributed by atoms with Gasteiger partial charge in [-0.05, 0) is 24.3 Å². The molecule has 0 aromatic heterocycles. The molecule has 1 saturated carbocycles. The first-order chi connectivity index (χ1) is 10.3. The van der Waals surface area contributed by atoms with Gasteiger partial charge in [-0.15, -0.1) is 0 Å². The number of aliphatic hydroxyl groups is 1. The van der Waals surface area contributed by atoms with Crippen molar-refractivity contribution in [2.24, 2.45) is 5.92 Å². The van der Waals surface area contributed by atoms with Gasteiger partial charge in [0.1, 0.15) is 0 Å². The normalized spacial score (nSPS) is 16.8. The molecule has 1 unspecified atom stereocenters. The van der Waals surface area contributed by atoms with E-state index in [1.807, 2.05) is 30.3 Å². The summed E-state index contributed by atoms with van der Waals surface area (Å²) < 4.78 is 5.47. The van der Waals surface area contributed by atoms with Crippen molar-refractivity contribution in [3.8, 4) is 0 Å². The van der Waals surface area contributed by atoms with Gasteiger partial charge in [0.25, 0.3) is 0 Å². The summed E-state index contributed by atoms with van der Waals surface area (Å²) in [5.74, 6) is 0.305. The highest BCUT2D eigenvalue weighted by Crippen LogP contribution is 2.27. The van der Waals surface area contributed by atoms with E-state index in [0.717, 1.165) is 18.4 Å². The average molecular weight is 291 g/mol. The fourth-order valence-electron chi connectivity index (χ4n) is 2.74. The zero-order chi connectivity index (χ0) is 14.9. The molecule has 1 aliphatic carbocycles. The van der Waals surface area contributed by atoms with Crippen LogP contribution in [0.25, 0.3) is 0 Å². The zero-order valence-electron chi connectivity index (χ0n) is 12.5. The van der Waals surface area contributed by atoms with E-state index in [1.165, 1.54) is 12.8 Å². The molecule has 2 rings (SSSR count). The standard InChI is InChI=1S/C17H25NO3/c19-16(15-8-4-5-9-15)12-18-17(20)10-11-21-13-14-6-2-1-3-7-14/h1-3,6-7,15-16,19H,4-5,8-13H2,(H,18,20). The summed E-state index contributed by atoms with van der Waals surface area (Å²) in [6.07, 6.45) is 4.49. The second-order valence-corrected chi connectivity index (χ2v) is 5.70. The first kappa shape index (κ1) is 16.0. The molecule has 0 radical (unpaired) electrons. The molecule has 0 heterocycles. The topological polar surface area (TPSA) is 58.6 Å². The van der Waals surface area contributed by atoms with Crippen LogP contribution in [0.5, 0.6) is 0 Å². The monoisotopic (exact) mass is 291 g/mol. The molecule has 1 amide bonds. The molecular weight excluding hydrogens is 266 g/mol. The van der Waals surface area contributed by atoms with Gasteiger partial charge in [-0.25, -0.2) is 0 Å². The number of nitrogens with one attached hydrogen (secondary N) is 1. The minimum atomic E-state index is -0.401. The number of amides is 1. The first-order valence-electron chi connectivity index (χ1n) is 7.82. The highest BCUT2D eigenvalue weighted by Gasteiger charge is 2.23. The number of carbonyl (C=O) groups excluding carboxylic acids is 1. The maximum absolute atomic E-state index is 11.7. The Morgan fingerprint density at radius 1 is 1.29 bits per heavy atom. The van der Waals surface area contributed by atoms with Gasteiger partial charge >= 0.3 is 0 Å². The lowest BCUT2D eigenvalue weighted by Crippen LogP contribution is -2.35. The number of ether oxygens (including phenoxy) is 1. The Morgan fingerprint density at radius 2 is 2.00 bits per heavy atom. The Labute approximate surface area is 126 Å². The molecule has 21 heavy (non-hydrogen) atoms. The van der Waals surface area contributed by atoms with Crippen molar-refractivity contribution < 1.29 is 14.6 Å². The molecule has 1 fully saturated rings. The molecular formula is C17H25NO3. The van der Waals surface area contributed by atoms with Crippen LogP contribution in [0.4, 0.5) is 0 Å². The molecule has 2 N–H and O–H groups in total. The van der Waals surface area contributed by atoms with Crippen LogP contribution in [0.2, 0.25) is 0 Å². The van der Waals surface area contributed by atoms with E-state index in [-0.39, 0.29) is 5.91 Å². The molecule has 0 aliphatic heterocycles. The highest BCUT2D eigenvalue weighted by molar-refractivity contribution is 5.75. The number of hydrogen-bond donors (Lipinski definition) is 2. The van der Waals surface area contributed by atoms with Gasteiger partial charge < -0.3 is 15.2 Å². The summed E-state index contributed by atoms with van der Waals surface area (Å²) in [7, 11) is 0. The third-order valence-electron chi connectivity index (χ3n) is 4.04. The maximum Gasteiger partial charge on any atom is 0.222 e. The van der Waals surface area contributed by atoms with Crippen LogP contribution in [0.3, 0.4) is 0 Å². The Balaban J connectivity index is 1.53. The second kappa shape index (κ2) is 8.80. The van der Waals surface area contributed by atoms with Crippen LogP contribution in [0.1, 0.15) is 37.7 Å². The highest BCUT2D eigenvalue weighted by atomic mass is 16.5. The summed E-state index contributed by atoms with van der Waals surface area (Å²) in [4.78, 5) is 11.7. The molecule has 0 spiro atoms. The van der Waals surface area contributed by atoms with Crippen LogP contribution in [-0.4, -0.2) is 30.3 Å². The van der Waals surface area contributed by atoms with Crippen LogP contribution in [0.15, 0.2) is 30.3 Å². The van der Waals surface area contributed by atoms with E-state index in [9.17, 15) is 9.90 Å². The predicted molar refractivity (Wildman–Crippen MR) is 81.7 cm³/mol. The van der Waals surface area contributed by atoms with E-state index >= 15 is 0 Å². The molecule has 1 aromatic carbocycles. The molecule has 1 aliphatic rings. The van der Waals surface area contributed by atoms with E-state index in [2.05, 4.69) is 5.32 Å². The number of benzene rings is 1. The van der Waals surface area contributed by atoms with Crippen molar-refractivity contribution in [3.05, 3.63) is 35.9 Å². The van der Waals surface area contributed by atoms with Gasteiger partial charge in [0.05, 0.1) is 19.3 Å². The molecule has 4 nitrogen and oxygen atoms in total. The van der Waals surface area contributed by atoms with Crippen LogP contribution in [-0.2, 0) is 16.1 Å². The molecule has 116 valence electrons. The van der Waals surface area contributed by atoms with E-state index in [4.69, 9.17) is 4.74 Å². The van der Waals surface area contributed by atoms with E-state index in [0.29, 0.717) is 32.1 Å². The van der Waals surface area contributed by atoms with Crippen molar-refractivity contribution in [2.45, 2.75) is 44.8 Å². The maximum atomic E-state index is 11.7. The number of rotatable bonds is 8. The van der Waals surface area contributed by atoms with Crippen LogP contribution >= 0.6 is 0 Å². The summed E-state index contributed by atoms with van der Waals surface area (Å²) in [5, 5.41) is 12.8. The summed E-state index contributed by atoms with van der Waals surface area (Å²) in [5.41, 5.74) is 1.11. The van der Waals surface area contributed by atoms with Gasteiger partial charge in [0.2, 0.25) is 5.91 Å². The van der Waals surface area contributed by atoms with E-state index < -0.39 is 6.10 Å². The van der Waals surface area contributed by atoms with Gasteiger partial charge in [-0.1, -0.05) is 43.2 Å². The lowest BCUT2D eigenvalue weighted by molar-refractivity contribution is -0.122. The smallest absolute Gasteiger partial charge is 0.222 e. The minimum Gasteiger partial charge on any atom is -0.391 e. The van der Waals surface area contributed by atoms with E-state index in [1.54, 1.807) is 0 Å². The molecule has 1 atom stereocenters. The van der Waals surface area contributed by atoms with Gasteiger partial charge in [0, 0.05) is 13.0 Å². The molecule has 0 saturated heterocycles. The van der Waals surface area contributed by atoms with Gasteiger partial charge in [-0.3, -0.25) is 4.79 Å². The molecule has 1 aromatic rings. The quantitative estimate of drug-likeness (QED) is 0.722. The number of hydrogen-bond acceptors (Lipinski definition) is 3. The Kier molecular flexibility index (Phi) is 6.70.